The highest BCUT2D eigenvalue weighted by atomic mass is 16.5. The van der Waals surface area contributed by atoms with Crippen LogP contribution in [0.4, 0.5) is 0 Å². The summed E-state index contributed by atoms with van der Waals surface area (Å²) in [5.74, 6) is 1.48. The molecule has 0 radical (unpaired) electrons. The first-order chi connectivity index (χ1) is 14.5. The number of fused-ring (bicyclic) bond motifs is 2. The fourth-order valence-electron chi connectivity index (χ4n) is 4.43. The molecule has 154 valence electrons. The molecule has 3 aromatic rings. The molecule has 0 N–H and O–H groups in total. The maximum atomic E-state index is 12.9. The summed E-state index contributed by atoms with van der Waals surface area (Å²) in [5, 5.41) is 4.35. The van der Waals surface area contributed by atoms with Crippen LogP contribution in [0.5, 0.6) is 5.75 Å². The Hall–Kier alpha value is -3.29. The van der Waals surface area contributed by atoms with Gasteiger partial charge in [-0.1, -0.05) is 12.1 Å². The minimum absolute atomic E-state index is 0.132. The number of amides is 1. The van der Waals surface area contributed by atoms with Crippen LogP contribution in [0.1, 0.15) is 51.6 Å². The minimum Gasteiger partial charge on any atom is -0.489 e. The van der Waals surface area contributed by atoms with Gasteiger partial charge in [-0.05, 0) is 50.8 Å². The number of ketones is 1. The number of aryl methyl sites for hydroxylation is 2. The highest BCUT2D eigenvalue weighted by Crippen LogP contribution is 2.33. The number of carbonyl (C=O) groups is 2. The van der Waals surface area contributed by atoms with Gasteiger partial charge in [0.1, 0.15) is 11.9 Å². The summed E-state index contributed by atoms with van der Waals surface area (Å²) in [7, 11) is 0. The van der Waals surface area contributed by atoms with Crippen molar-refractivity contribution in [2.75, 3.05) is 13.1 Å². The lowest BCUT2D eigenvalue weighted by atomic mass is 9.86. The van der Waals surface area contributed by atoms with Crippen molar-refractivity contribution in [3.63, 3.8) is 0 Å². The van der Waals surface area contributed by atoms with Gasteiger partial charge in [-0.25, -0.2) is 9.50 Å². The van der Waals surface area contributed by atoms with Crippen molar-refractivity contribution in [2.45, 2.75) is 39.2 Å². The largest absolute Gasteiger partial charge is 0.489 e. The van der Waals surface area contributed by atoms with Crippen molar-refractivity contribution in [2.24, 2.45) is 5.92 Å². The van der Waals surface area contributed by atoms with Crippen molar-refractivity contribution in [3.8, 4) is 5.75 Å². The average molecular weight is 405 g/mol. The van der Waals surface area contributed by atoms with Crippen LogP contribution in [0, 0.1) is 19.8 Å². The van der Waals surface area contributed by atoms with Gasteiger partial charge >= 0.3 is 0 Å². The van der Waals surface area contributed by atoms with Crippen molar-refractivity contribution in [3.05, 3.63) is 53.1 Å². The van der Waals surface area contributed by atoms with E-state index < -0.39 is 0 Å². The fraction of sp³-hybridized carbons (Fsp3) is 0.409. The zero-order chi connectivity index (χ0) is 20.8. The summed E-state index contributed by atoms with van der Waals surface area (Å²) in [6.45, 7) is 5.00. The van der Waals surface area contributed by atoms with Crippen LogP contribution < -0.4 is 4.74 Å². The number of ether oxygens (including phenoxy) is 1. The lowest BCUT2D eigenvalue weighted by molar-refractivity contribution is 0.0446. The molecule has 4 heterocycles. The molecule has 2 aliphatic heterocycles. The van der Waals surface area contributed by atoms with Crippen LogP contribution in [-0.4, -0.2) is 55.4 Å². The fourth-order valence-corrected chi connectivity index (χ4v) is 4.43. The molecule has 8 nitrogen and oxygen atoms in total. The molecule has 8 heteroatoms. The molecule has 0 bridgehead atoms. The molecule has 30 heavy (non-hydrogen) atoms. The van der Waals surface area contributed by atoms with Crippen LogP contribution in [-0.2, 0) is 0 Å². The smallest absolute Gasteiger partial charge is 0.293 e. The summed E-state index contributed by atoms with van der Waals surface area (Å²) in [5.41, 5.74) is 2.40. The van der Waals surface area contributed by atoms with Gasteiger partial charge in [0.25, 0.3) is 11.7 Å². The highest BCUT2D eigenvalue weighted by Gasteiger charge is 2.35. The first-order valence-electron chi connectivity index (χ1n) is 10.3. The summed E-state index contributed by atoms with van der Waals surface area (Å²) >= 11 is 0. The molecule has 2 aliphatic rings. The molecule has 1 fully saturated rings. The minimum atomic E-state index is -0.179. The molecule has 0 spiro atoms. The molecular weight excluding hydrogens is 382 g/mol. The van der Waals surface area contributed by atoms with E-state index in [1.165, 1.54) is 0 Å². The molecule has 0 saturated carbocycles. The Morgan fingerprint density at radius 2 is 1.90 bits per heavy atom. The molecule has 5 rings (SSSR count). The monoisotopic (exact) mass is 405 g/mol. The number of carbonyl (C=O) groups excluding carboxylic acids is 2. The number of hydrogen-bond donors (Lipinski definition) is 0. The number of nitrogens with zero attached hydrogens (tertiary/aromatic N) is 5. The number of benzene rings is 1. The Morgan fingerprint density at radius 3 is 2.70 bits per heavy atom. The molecule has 1 saturated heterocycles. The quantitative estimate of drug-likeness (QED) is 0.651. The number of rotatable bonds is 2. The van der Waals surface area contributed by atoms with Gasteiger partial charge < -0.3 is 9.64 Å². The van der Waals surface area contributed by atoms with Crippen LogP contribution in [0.2, 0.25) is 0 Å². The third-order valence-electron chi connectivity index (χ3n) is 6.01. The van der Waals surface area contributed by atoms with Crippen LogP contribution in [0.25, 0.3) is 5.78 Å². The first-order valence-corrected chi connectivity index (χ1v) is 10.3. The van der Waals surface area contributed by atoms with E-state index in [9.17, 15) is 9.59 Å². The number of hydrogen-bond acceptors (Lipinski definition) is 6. The highest BCUT2D eigenvalue weighted by molar-refractivity contribution is 5.99. The number of piperidine rings is 1. The zero-order valence-electron chi connectivity index (χ0n) is 17.0. The van der Waals surface area contributed by atoms with E-state index in [0.29, 0.717) is 36.6 Å². The Kier molecular flexibility index (Phi) is 4.49. The second-order valence-corrected chi connectivity index (χ2v) is 8.10. The van der Waals surface area contributed by atoms with Gasteiger partial charge in [-0.3, -0.25) is 9.59 Å². The van der Waals surface area contributed by atoms with E-state index in [4.69, 9.17) is 4.74 Å². The third-order valence-corrected chi connectivity index (χ3v) is 6.01. The van der Waals surface area contributed by atoms with Gasteiger partial charge in [0, 0.05) is 30.9 Å². The van der Waals surface area contributed by atoms with Gasteiger partial charge in [-0.2, -0.15) is 4.98 Å². The Labute approximate surface area is 173 Å². The van der Waals surface area contributed by atoms with Gasteiger partial charge in [0.05, 0.1) is 5.56 Å². The Bertz CT molecular complexity index is 1150. The predicted molar refractivity (Wildman–Crippen MR) is 109 cm³/mol. The molecule has 1 amide bonds. The Balaban J connectivity index is 1.27. The van der Waals surface area contributed by atoms with Crippen LogP contribution in [0.15, 0.2) is 30.3 Å². The number of para-hydroxylation sites is 1. The van der Waals surface area contributed by atoms with Crippen LogP contribution in [0.3, 0.4) is 0 Å². The summed E-state index contributed by atoms with van der Waals surface area (Å²) in [4.78, 5) is 35.9. The third kappa shape index (κ3) is 3.22. The van der Waals surface area contributed by atoms with E-state index >= 15 is 0 Å². The van der Waals surface area contributed by atoms with E-state index in [1.54, 1.807) is 9.42 Å². The van der Waals surface area contributed by atoms with Crippen molar-refractivity contribution >= 4 is 17.5 Å². The predicted octanol–water partition coefficient (Wildman–Crippen LogP) is 2.63. The lowest BCUT2D eigenvalue weighted by Crippen LogP contribution is -2.44. The molecule has 1 atom stereocenters. The van der Waals surface area contributed by atoms with Crippen molar-refractivity contribution in [1.82, 2.24) is 24.5 Å². The summed E-state index contributed by atoms with van der Waals surface area (Å²) < 4.78 is 7.73. The van der Waals surface area contributed by atoms with E-state index in [0.717, 1.165) is 24.2 Å². The molecular formula is C22H23N5O3. The van der Waals surface area contributed by atoms with Crippen molar-refractivity contribution in [1.29, 1.82) is 0 Å². The number of likely N-dealkylation sites (tertiary alicyclic amines) is 1. The molecule has 0 aliphatic carbocycles. The number of Topliss-reactive ketones (excluding diaryl/α,β-unsaturated/α-hetero) is 1. The summed E-state index contributed by atoms with van der Waals surface area (Å²) in [6, 6.07) is 9.32. The Morgan fingerprint density at radius 1 is 1.13 bits per heavy atom. The van der Waals surface area contributed by atoms with Crippen molar-refractivity contribution < 1.29 is 14.3 Å². The second-order valence-electron chi connectivity index (χ2n) is 8.10. The topological polar surface area (TPSA) is 89.7 Å². The first kappa shape index (κ1) is 18.7. The van der Waals surface area contributed by atoms with Crippen LogP contribution >= 0.6 is 0 Å². The zero-order valence-corrected chi connectivity index (χ0v) is 17.0. The van der Waals surface area contributed by atoms with E-state index in [-0.39, 0.29) is 29.5 Å². The molecule has 1 unspecified atom stereocenters. The van der Waals surface area contributed by atoms with Gasteiger partial charge in [0.15, 0.2) is 5.78 Å². The lowest BCUT2D eigenvalue weighted by Gasteiger charge is -2.37. The maximum Gasteiger partial charge on any atom is 0.293 e. The molecule has 1 aromatic carbocycles. The second kappa shape index (κ2) is 7.19. The summed E-state index contributed by atoms with van der Waals surface area (Å²) in [6.07, 6.45) is 1.84. The standard InChI is InChI=1S/C22H23N5O3/c1-13-11-14(2)27-22(23-13)24-20(25-27)21(29)26-9-7-15(8-10-26)19-12-17(28)16-5-3-4-6-18(16)30-19/h3-6,11,15,19H,7-10,12H2,1-2H3. The van der Waals surface area contributed by atoms with E-state index in [2.05, 4.69) is 15.1 Å². The van der Waals surface area contributed by atoms with Gasteiger partial charge in [0.2, 0.25) is 5.82 Å². The normalized spacial score (nSPS) is 19.6. The number of aromatic nitrogens is 4. The molecule has 2 aromatic heterocycles. The average Bonchev–Trinajstić information content (AvgIpc) is 3.18. The maximum absolute atomic E-state index is 12.9. The van der Waals surface area contributed by atoms with Gasteiger partial charge in [-0.15, -0.1) is 5.10 Å². The van der Waals surface area contributed by atoms with E-state index in [1.807, 2.05) is 44.2 Å². The SMILES string of the molecule is Cc1cc(C)n2nc(C(=O)N3CCC(C4CC(=O)c5ccccc5O4)CC3)nc2n1.